The number of carbonyl (C=O) groups excluding carboxylic acids is 3. The number of hydrogen-bond acceptors (Lipinski definition) is 3. The van der Waals surface area contributed by atoms with Crippen molar-refractivity contribution in [1.29, 1.82) is 0 Å². The number of anilines is 2. The number of benzene rings is 2. The molecule has 5 nitrogen and oxygen atoms in total. The minimum absolute atomic E-state index is 0.126. The average Bonchev–Trinajstić information content (AvgIpc) is 3.35. The summed E-state index contributed by atoms with van der Waals surface area (Å²) in [4.78, 5) is 40.7. The number of nitrogens with one attached hydrogen (secondary N) is 1. The van der Waals surface area contributed by atoms with E-state index in [0.717, 1.165) is 30.4 Å². The molecule has 1 N–H and O–H groups in total. The maximum atomic E-state index is 13.2. The van der Waals surface area contributed by atoms with Crippen LogP contribution in [0.15, 0.2) is 42.5 Å². The molecular formula is C24H24N2O3. The molecule has 0 radical (unpaired) electrons. The Morgan fingerprint density at radius 2 is 1.52 bits per heavy atom. The molecule has 29 heavy (non-hydrogen) atoms. The Labute approximate surface area is 170 Å². The molecule has 3 aliphatic rings. The minimum atomic E-state index is -0.314. The standard InChI is InChI=1S/C24H24N2O3/c1-13-9-14(2)11-17(10-13)25-22(27)18-5-3-4-6-19(18)26-23(28)20-15-7-8-16(12-15)21(20)24(26)29/h3-6,9-11,15-16,20-21H,7-8,12H2,1-2H3,(H,25,27)/t15-,16+,20-,21-/m0/s1. The van der Waals surface area contributed by atoms with E-state index in [1.165, 1.54) is 4.90 Å². The van der Waals surface area contributed by atoms with Gasteiger partial charge in [-0.15, -0.1) is 0 Å². The van der Waals surface area contributed by atoms with Crippen molar-refractivity contribution in [2.75, 3.05) is 10.2 Å². The second-order valence-corrected chi connectivity index (χ2v) is 8.74. The van der Waals surface area contributed by atoms with Crippen LogP contribution < -0.4 is 10.2 Å². The normalized spacial score (nSPS) is 27.4. The Bertz CT molecular complexity index is 996. The lowest BCUT2D eigenvalue weighted by Gasteiger charge is -2.20. The summed E-state index contributed by atoms with van der Waals surface area (Å²) < 4.78 is 0. The predicted molar refractivity (Wildman–Crippen MR) is 111 cm³/mol. The van der Waals surface area contributed by atoms with Crippen molar-refractivity contribution in [2.45, 2.75) is 33.1 Å². The molecule has 0 unspecified atom stereocenters. The van der Waals surface area contributed by atoms with Crippen LogP contribution in [0.4, 0.5) is 11.4 Å². The molecule has 2 bridgehead atoms. The van der Waals surface area contributed by atoms with E-state index >= 15 is 0 Å². The lowest BCUT2D eigenvalue weighted by molar-refractivity contribution is -0.123. The fourth-order valence-electron chi connectivity index (χ4n) is 5.75. The third-order valence-electron chi connectivity index (χ3n) is 6.80. The van der Waals surface area contributed by atoms with E-state index in [0.29, 0.717) is 28.8 Å². The van der Waals surface area contributed by atoms with Gasteiger partial charge in [0.15, 0.2) is 0 Å². The van der Waals surface area contributed by atoms with Crippen LogP contribution in [0.1, 0.15) is 40.7 Å². The van der Waals surface area contributed by atoms with E-state index in [1.807, 2.05) is 32.0 Å². The van der Waals surface area contributed by atoms with Crippen molar-refractivity contribution in [3.05, 3.63) is 59.2 Å². The van der Waals surface area contributed by atoms with Crippen LogP contribution in [0.3, 0.4) is 0 Å². The number of fused-ring (bicyclic) bond motifs is 5. The van der Waals surface area contributed by atoms with Gasteiger partial charge in [-0.3, -0.25) is 14.4 Å². The molecule has 148 valence electrons. The van der Waals surface area contributed by atoms with Crippen LogP contribution in [-0.4, -0.2) is 17.7 Å². The largest absolute Gasteiger partial charge is 0.322 e. The van der Waals surface area contributed by atoms with Crippen molar-refractivity contribution in [2.24, 2.45) is 23.7 Å². The van der Waals surface area contributed by atoms with Crippen molar-refractivity contribution in [3.8, 4) is 0 Å². The summed E-state index contributed by atoms with van der Waals surface area (Å²) in [5, 5.41) is 2.93. The second-order valence-electron chi connectivity index (χ2n) is 8.74. The maximum absolute atomic E-state index is 13.2. The number of imide groups is 1. The molecule has 1 heterocycles. The van der Waals surface area contributed by atoms with Gasteiger partial charge in [-0.05, 0) is 80.3 Å². The lowest BCUT2D eigenvalue weighted by Crippen LogP contribution is -2.34. The van der Waals surface area contributed by atoms with E-state index in [1.54, 1.807) is 24.3 Å². The molecule has 3 fully saturated rings. The van der Waals surface area contributed by atoms with Gasteiger partial charge in [0.25, 0.3) is 5.91 Å². The summed E-state index contributed by atoms with van der Waals surface area (Å²) in [5.41, 5.74) is 3.57. The summed E-state index contributed by atoms with van der Waals surface area (Å²) in [6.45, 7) is 3.95. The first-order valence-electron chi connectivity index (χ1n) is 10.3. The van der Waals surface area contributed by atoms with Crippen LogP contribution in [0.2, 0.25) is 0 Å². The highest BCUT2D eigenvalue weighted by atomic mass is 16.2. The van der Waals surface area contributed by atoms with Gasteiger partial charge in [-0.25, -0.2) is 4.90 Å². The SMILES string of the molecule is Cc1cc(C)cc(NC(=O)c2ccccc2N2C(=O)[C@H]3[C@@H]4CC[C@@H](C4)[C@@H]3C2=O)c1. The summed E-state index contributed by atoms with van der Waals surface area (Å²) >= 11 is 0. The number of aryl methyl sites for hydroxylation is 2. The zero-order chi connectivity index (χ0) is 20.3. The topological polar surface area (TPSA) is 66.5 Å². The van der Waals surface area contributed by atoms with Crippen molar-refractivity contribution < 1.29 is 14.4 Å². The van der Waals surface area contributed by atoms with E-state index < -0.39 is 0 Å². The van der Waals surface area contributed by atoms with Crippen molar-refractivity contribution in [3.63, 3.8) is 0 Å². The molecule has 5 rings (SSSR count). The molecule has 2 aliphatic carbocycles. The van der Waals surface area contributed by atoms with E-state index in [-0.39, 0.29) is 29.6 Å². The zero-order valence-corrected chi connectivity index (χ0v) is 16.6. The molecule has 0 spiro atoms. The Balaban J connectivity index is 1.48. The Morgan fingerprint density at radius 3 is 2.14 bits per heavy atom. The van der Waals surface area contributed by atoms with Crippen molar-refractivity contribution >= 4 is 29.1 Å². The Morgan fingerprint density at radius 1 is 0.931 bits per heavy atom. The van der Waals surface area contributed by atoms with Gasteiger partial charge in [-0.2, -0.15) is 0 Å². The Hall–Kier alpha value is -2.95. The summed E-state index contributed by atoms with van der Waals surface area (Å²) in [5.74, 6) is -0.317. The van der Waals surface area contributed by atoms with E-state index in [2.05, 4.69) is 5.32 Å². The maximum Gasteiger partial charge on any atom is 0.257 e. The van der Waals surface area contributed by atoms with Crippen LogP contribution in [0, 0.1) is 37.5 Å². The summed E-state index contributed by atoms with van der Waals surface area (Å²) in [7, 11) is 0. The van der Waals surface area contributed by atoms with Gasteiger partial charge in [0.2, 0.25) is 11.8 Å². The summed E-state index contributed by atoms with van der Waals surface area (Å²) in [6.07, 6.45) is 3.07. The molecule has 0 aromatic heterocycles. The number of hydrogen-bond donors (Lipinski definition) is 1. The van der Waals surface area contributed by atoms with Gasteiger partial charge in [-0.1, -0.05) is 18.2 Å². The fraction of sp³-hybridized carbons (Fsp3) is 0.375. The molecule has 5 heteroatoms. The molecule has 2 aromatic rings. The van der Waals surface area contributed by atoms with E-state index in [4.69, 9.17) is 0 Å². The van der Waals surface area contributed by atoms with Crippen molar-refractivity contribution in [1.82, 2.24) is 0 Å². The highest BCUT2D eigenvalue weighted by molar-refractivity contribution is 6.25. The monoisotopic (exact) mass is 388 g/mol. The number of para-hydroxylation sites is 1. The minimum Gasteiger partial charge on any atom is -0.322 e. The molecular weight excluding hydrogens is 364 g/mol. The van der Waals surface area contributed by atoms with Crippen LogP contribution in [0.5, 0.6) is 0 Å². The molecule has 3 amide bonds. The molecule has 2 saturated carbocycles. The highest BCUT2D eigenvalue weighted by Gasteiger charge is 2.61. The second kappa shape index (κ2) is 6.55. The van der Waals surface area contributed by atoms with Crippen LogP contribution in [0.25, 0.3) is 0 Å². The van der Waals surface area contributed by atoms with Crippen LogP contribution in [-0.2, 0) is 9.59 Å². The van der Waals surface area contributed by atoms with Gasteiger partial charge in [0, 0.05) is 5.69 Å². The quantitative estimate of drug-likeness (QED) is 0.806. The smallest absolute Gasteiger partial charge is 0.257 e. The molecule has 1 saturated heterocycles. The molecule has 4 atom stereocenters. The van der Waals surface area contributed by atoms with Gasteiger partial charge in [0.05, 0.1) is 23.1 Å². The Kier molecular flexibility index (Phi) is 4.09. The number of amides is 3. The fourth-order valence-corrected chi connectivity index (χ4v) is 5.75. The van der Waals surface area contributed by atoms with Gasteiger partial charge >= 0.3 is 0 Å². The molecule has 1 aliphatic heterocycles. The number of carbonyl (C=O) groups is 3. The first-order chi connectivity index (χ1) is 13.9. The number of rotatable bonds is 3. The first kappa shape index (κ1) is 18.1. The zero-order valence-electron chi connectivity index (χ0n) is 16.6. The average molecular weight is 388 g/mol. The lowest BCUT2D eigenvalue weighted by atomic mass is 9.81. The molecule has 2 aromatic carbocycles. The first-order valence-corrected chi connectivity index (χ1v) is 10.3. The number of nitrogens with zero attached hydrogens (tertiary/aromatic N) is 1. The van der Waals surface area contributed by atoms with Gasteiger partial charge < -0.3 is 5.32 Å². The predicted octanol–water partition coefficient (Wildman–Crippen LogP) is 4.09. The third-order valence-corrected chi connectivity index (χ3v) is 6.80. The van der Waals surface area contributed by atoms with Gasteiger partial charge in [0.1, 0.15) is 0 Å². The highest BCUT2D eigenvalue weighted by Crippen LogP contribution is 2.56. The van der Waals surface area contributed by atoms with Crippen LogP contribution >= 0.6 is 0 Å². The van der Waals surface area contributed by atoms with E-state index in [9.17, 15) is 14.4 Å². The third kappa shape index (κ3) is 2.79. The summed E-state index contributed by atoms with van der Waals surface area (Å²) in [6, 6.07) is 12.8.